The van der Waals surface area contributed by atoms with Gasteiger partial charge < -0.3 is 10.6 Å². The summed E-state index contributed by atoms with van der Waals surface area (Å²) in [4.78, 5) is 36.6. The van der Waals surface area contributed by atoms with Crippen molar-refractivity contribution < 1.29 is 14.4 Å². The smallest absolute Gasteiger partial charge is 0.325 e. The van der Waals surface area contributed by atoms with Gasteiger partial charge in [0.25, 0.3) is 5.91 Å². The molecule has 6 heteroatoms. The summed E-state index contributed by atoms with van der Waals surface area (Å²) >= 11 is 0. The number of rotatable bonds is 6. The van der Waals surface area contributed by atoms with Gasteiger partial charge >= 0.3 is 6.03 Å². The van der Waals surface area contributed by atoms with E-state index in [1.54, 1.807) is 4.90 Å². The van der Waals surface area contributed by atoms with Crippen molar-refractivity contribution in [2.24, 2.45) is 11.7 Å². The molecule has 3 N–H and O–H groups in total. The second kappa shape index (κ2) is 5.81. The van der Waals surface area contributed by atoms with Crippen LogP contribution < -0.4 is 11.1 Å². The van der Waals surface area contributed by atoms with Crippen LogP contribution in [0.15, 0.2) is 0 Å². The SMILES string of the molecule is CC(CCCCC12CCCCN1C(=O)NC2=O)C(N)=O. The molecule has 0 saturated carbocycles. The topological polar surface area (TPSA) is 92.5 Å². The number of hydrogen-bond acceptors (Lipinski definition) is 3. The first-order valence-electron chi connectivity index (χ1n) is 7.40. The molecule has 0 aromatic carbocycles. The van der Waals surface area contributed by atoms with Crippen LogP contribution in [0.2, 0.25) is 0 Å². The van der Waals surface area contributed by atoms with Crippen molar-refractivity contribution in [3.63, 3.8) is 0 Å². The number of fused-ring (bicyclic) bond motifs is 1. The van der Waals surface area contributed by atoms with Crippen LogP contribution in [0.1, 0.15) is 51.9 Å². The molecule has 2 atom stereocenters. The third-order valence-corrected chi connectivity index (χ3v) is 4.59. The number of nitrogens with zero attached hydrogens (tertiary/aromatic N) is 1. The number of imide groups is 1. The van der Waals surface area contributed by atoms with Crippen molar-refractivity contribution in [2.45, 2.75) is 57.4 Å². The van der Waals surface area contributed by atoms with Gasteiger partial charge in [-0.3, -0.25) is 14.9 Å². The van der Waals surface area contributed by atoms with Gasteiger partial charge in [0.1, 0.15) is 5.54 Å². The summed E-state index contributed by atoms with van der Waals surface area (Å²) in [5, 5.41) is 2.44. The Balaban J connectivity index is 1.90. The van der Waals surface area contributed by atoms with Crippen LogP contribution in [0.3, 0.4) is 0 Å². The molecule has 2 aliphatic heterocycles. The summed E-state index contributed by atoms with van der Waals surface area (Å²) in [5.74, 6) is -0.560. The van der Waals surface area contributed by atoms with Crippen molar-refractivity contribution in [2.75, 3.05) is 6.54 Å². The number of unbranched alkanes of at least 4 members (excludes halogenated alkanes) is 1. The van der Waals surface area contributed by atoms with E-state index >= 15 is 0 Å². The largest absolute Gasteiger partial charge is 0.369 e. The van der Waals surface area contributed by atoms with Crippen LogP contribution >= 0.6 is 0 Å². The van der Waals surface area contributed by atoms with E-state index in [-0.39, 0.29) is 23.8 Å². The first-order chi connectivity index (χ1) is 9.47. The Labute approximate surface area is 119 Å². The van der Waals surface area contributed by atoms with E-state index in [2.05, 4.69) is 5.32 Å². The molecule has 2 rings (SSSR count). The zero-order chi connectivity index (χ0) is 14.8. The van der Waals surface area contributed by atoms with Gasteiger partial charge in [0.2, 0.25) is 5.91 Å². The average molecular weight is 281 g/mol. The number of urea groups is 1. The van der Waals surface area contributed by atoms with Crippen LogP contribution in [-0.4, -0.2) is 34.8 Å². The van der Waals surface area contributed by atoms with E-state index in [1.807, 2.05) is 6.92 Å². The van der Waals surface area contributed by atoms with Crippen molar-refractivity contribution in [3.8, 4) is 0 Å². The van der Waals surface area contributed by atoms with Crippen molar-refractivity contribution >= 4 is 17.8 Å². The lowest BCUT2D eigenvalue weighted by molar-refractivity contribution is -0.128. The lowest BCUT2D eigenvalue weighted by atomic mass is 9.82. The Morgan fingerprint density at radius 2 is 2.15 bits per heavy atom. The molecule has 0 bridgehead atoms. The third kappa shape index (κ3) is 2.64. The lowest BCUT2D eigenvalue weighted by Gasteiger charge is -2.39. The fourth-order valence-corrected chi connectivity index (χ4v) is 3.23. The van der Waals surface area contributed by atoms with E-state index in [0.717, 1.165) is 38.5 Å². The van der Waals surface area contributed by atoms with E-state index in [0.29, 0.717) is 13.0 Å². The van der Waals surface area contributed by atoms with Crippen molar-refractivity contribution in [3.05, 3.63) is 0 Å². The first-order valence-corrected chi connectivity index (χ1v) is 7.40. The van der Waals surface area contributed by atoms with Crippen LogP contribution in [0.4, 0.5) is 4.79 Å². The highest BCUT2D eigenvalue weighted by atomic mass is 16.2. The van der Waals surface area contributed by atoms with Gasteiger partial charge in [-0.25, -0.2) is 4.79 Å². The van der Waals surface area contributed by atoms with E-state index in [9.17, 15) is 14.4 Å². The lowest BCUT2D eigenvalue weighted by Crippen LogP contribution is -2.52. The van der Waals surface area contributed by atoms with Gasteiger partial charge in [0.05, 0.1) is 0 Å². The maximum Gasteiger partial charge on any atom is 0.325 e. The fourth-order valence-electron chi connectivity index (χ4n) is 3.23. The Kier molecular flexibility index (Phi) is 4.30. The predicted molar refractivity (Wildman–Crippen MR) is 73.7 cm³/mol. The maximum atomic E-state index is 12.1. The van der Waals surface area contributed by atoms with Crippen LogP contribution in [0.5, 0.6) is 0 Å². The number of nitrogens with two attached hydrogens (primary N) is 1. The molecule has 2 unspecified atom stereocenters. The highest BCUT2D eigenvalue weighted by Gasteiger charge is 2.52. The Morgan fingerprint density at radius 1 is 1.40 bits per heavy atom. The number of carbonyl (C=O) groups excluding carboxylic acids is 3. The molecular formula is C14H23N3O3. The summed E-state index contributed by atoms with van der Waals surface area (Å²) in [6.45, 7) is 2.48. The number of nitrogens with one attached hydrogen (secondary N) is 1. The molecular weight excluding hydrogens is 258 g/mol. The second-order valence-corrected chi connectivity index (χ2v) is 5.95. The van der Waals surface area contributed by atoms with Gasteiger partial charge in [-0.1, -0.05) is 19.8 Å². The minimum atomic E-state index is -0.634. The number of carbonyl (C=O) groups is 3. The molecule has 2 heterocycles. The predicted octanol–water partition coefficient (Wildman–Crippen LogP) is 1.14. The van der Waals surface area contributed by atoms with Crippen LogP contribution in [-0.2, 0) is 9.59 Å². The highest BCUT2D eigenvalue weighted by molar-refractivity contribution is 6.07. The monoisotopic (exact) mass is 281 g/mol. The van der Waals surface area contributed by atoms with E-state index < -0.39 is 5.54 Å². The summed E-state index contributed by atoms with van der Waals surface area (Å²) in [6.07, 6.45) is 5.78. The molecule has 2 aliphatic rings. The summed E-state index contributed by atoms with van der Waals surface area (Å²) in [7, 11) is 0. The molecule has 0 radical (unpaired) electrons. The molecule has 2 fully saturated rings. The van der Waals surface area contributed by atoms with Crippen molar-refractivity contribution in [1.29, 1.82) is 0 Å². The van der Waals surface area contributed by atoms with Gasteiger partial charge in [0, 0.05) is 12.5 Å². The number of primary amides is 1. The minimum absolute atomic E-state index is 0.131. The summed E-state index contributed by atoms with van der Waals surface area (Å²) < 4.78 is 0. The van der Waals surface area contributed by atoms with E-state index in [4.69, 9.17) is 5.73 Å². The third-order valence-electron chi connectivity index (χ3n) is 4.59. The first kappa shape index (κ1) is 14.8. The summed E-state index contributed by atoms with van der Waals surface area (Å²) in [5.41, 5.74) is 4.60. The number of amides is 4. The minimum Gasteiger partial charge on any atom is -0.369 e. The van der Waals surface area contributed by atoms with E-state index in [1.165, 1.54) is 0 Å². The zero-order valence-electron chi connectivity index (χ0n) is 12.0. The standard InChI is InChI=1S/C14H23N3O3/c1-10(11(15)18)6-2-3-7-14-8-4-5-9-17(14)13(20)16-12(14)19/h10H,2-9H2,1H3,(H2,15,18)(H,16,19,20). The molecule has 0 aromatic heterocycles. The molecule has 112 valence electrons. The van der Waals surface area contributed by atoms with Crippen molar-refractivity contribution in [1.82, 2.24) is 10.2 Å². The number of piperidine rings is 1. The number of hydrogen-bond donors (Lipinski definition) is 2. The second-order valence-electron chi connectivity index (χ2n) is 5.95. The summed E-state index contributed by atoms with van der Waals surface area (Å²) in [6, 6.07) is -0.250. The fraction of sp³-hybridized carbons (Fsp3) is 0.786. The molecule has 4 amide bonds. The zero-order valence-corrected chi connectivity index (χ0v) is 12.0. The Morgan fingerprint density at radius 3 is 2.85 bits per heavy atom. The molecule has 0 aliphatic carbocycles. The maximum absolute atomic E-state index is 12.1. The van der Waals surface area contributed by atoms with Gasteiger partial charge in [0.15, 0.2) is 0 Å². The average Bonchev–Trinajstić information content (AvgIpc) is 2.67. The van der Waals surface area contributed by atoms with Gasteiger partial charge in [-0.05, 0) is 32.1 Å². The molecule has 2 saturated heterocycles. The van der Waals surface area contributed by atoms with Crippen LogP contribution in [0, 0.1) is 5.92 Å². The highest BCUT2D eigenvalue weighted by Crippen LogP contribution is 2.36. The Hall–Kier alpha value is -1.59. The molecule has 0 aromatic rings. The quantitative estimate of drug-likeness (QED) is 0.565. The molecule has 6 nitrogen and oxygen atoms in total. The molecule has 20 heavy (non-hydrogen) atoms. The molecule has 0 spiro atoms. The Bertz CT molecular complexity index is 424. The normalized spacial score (nSPS) is 27.1. The van der Waals surface area contributed by atoms with Crippen LogP contribution in [0.25, 0.3) is 0 Å². The van der Waals surface area contributed by atoms with Gasteiger partial charge in [-0.15, -0.1) is 0 Å². The van der Waals surface area contributed by atoms with Gasteiger partial charge in [-0.2, -0.15) is 0 Å².